The highest BCUT2D eigenvalue weighted by Crippen LogP contribution is 2.30. The van der Waals surface area contributed by atoms with Gasteiger partial charge in [-0.25, -0.2) is 8.78 Å². The van der Waals surface area contributed by atoms with Gasteiger partial charge in [0, 0.05) is 5.69 Å². The molecule has 112 valence electrons. The summed E-state index contributed by atoms with van der Waals surface area (Å²) in [6.45, 7) is 0. The average molecular weight is 339 g/mol. The third kappa shape index (κ3) is 3.70. The number of nitrogens with one attached hydrogen (secondary N) is 1. The normalized spacial score (nSPS) is 11.7. The van der Waals surface area contributed by atoms with Gasteiger partial charge in [0.1, 0.15) is 9.87 Å². The molecule has 0 saturated carbocycles. The van der Waals surface area contributed by atoms with Gasteiger partial charge in [0.15, 0.2) is 5.69 Å². The number of alkyl halides is 5. The smallest absolute Gasteiger partial charge is 0.345 e. The maximum absolute atomic E-state index is 12.6. The van der Waals surface area contributed by atoms with Crippen LogP contribution in [0.2, 0.25) is 0 Å². The molecule has 0 aliphatic rings. The van der Waals surface area contributed by atoms with E-state index in [1.54, 1.807) is 0 Å². The fraction of sp³-hybridized carbons (Fsp3) is 0.182. The molecule has 21 heavy (non-hydrogen) atoms. The maximum Gasteiger partial charge on any atom is 0.416 e. The molecule has 1 N–H and O–H groups in total. The number of halogens is 5. The van der Waals surface area contributed by atoms with Crippen LogP contribution in [0.25, 0.3) is 0 Å². The molecule has 2 aromatic rings. The molecule has 0 spiro atoms. The fourth-order valence-electron chi connectivity index (χ4n) is 1.43. The minimum Gasteiger partial charge on any atom is -0.345 e. The van der Waals surface area contributed by atoms with Crippen LogP contribution in [0.15, 0.2) is 24.3 Å². The largest absolute Gasteiger partial charge is 0.416 e. The first-order valence-electron chi connectivity index (χ1n) is 5.38. The van der Waals surface area contributed by atoms with E-state index in [-0.39, 0.29) is 15.6 Å². The molecule has 0 radical (unpaired) electrons. The Morgan fingerprint density at radius 2 is 1.81 bits per heavy atom. The molecule has 1 heterocycles. The van der Waals surface area contributed by atoms with Crippen molar-refractivity contribution in [1.82, 2.24) is 9.59 Å². The summed E-state index contributed by atoms with van der Waals surface area (Å²) in [7, 11) is 0. The summed E-state index contributed by atoms with van der Waals surface area (Å²) in [5.74, 6) is 0. The quantitative estimate of drug-likeness (QED) is 0.669. The molecule has 0 aliphatic carbocycles. The minimum atomic E-state index is -4.44. The van der Waals surface area contributed by atoms with Crippen LogP contribution in [0.3, 0.4) is 0 Å². The Labute approximate surface area is 125 Å². The van der Waals surface area contributed by atoms with Crippen molar-refractivity contribution >= 4 is 34.4 Å². The zero-order valence-corrected chi connectivity index (χ0v) is 11.6. The number of hydrogen-bond donors (Lipinski definition) is 1. The van der Waals surface area contributed by atoms with Gasteiger partial charge in [-0.3, -0.25) is 0 Å². The molecular formula is C11H6F5N3S2. The Morgan fingerprint density at radius 1 is 1.19 bits per heavy atom. The van der Waals surface area contributed by atoms with E-state index < -0.39 is 23.9 Å². The standard InChI is InChI=1S/C11H6F5N3S2/c12-9(13)7-8(21-19-18-7)10(20)17-6-3-1-5(2-4-6)11(14,15)16/h1-4,9H,(H,17,20). The number of anilines is 1. The molecule has 0 bridgehead atoms. The lowest BCUT2D eigenvalue weighted by atomic mass is 10.2. The second-order valence-electron chi connectivity index (χ2n) is 3.82. The van der Waals surface area contributed by atoms with Crippen molar-refractivity contribution in [2.75, 3.05) is 5.32 Å². The molecule has 1 aromatic carbocycles. The summed E-state index contributed by atoms with van der Waals surface area (Å²) in [6, 6.07) is 4.05. The summed E-state index contributed by atoms with van der Waals surface area (Å²) in [6.07, 6.45) is -7.27. The monoisotopic (exact) mass is 339 g/mol. The second kappa shape index (κ2) is 5.98. The number of rotatable bonds is 3. The van der Waals surface area contributed by atoms with Gasteiger partial charge >= 0.3 is 6.18 Å². The lowest BCUT2D eigenvalue weighted by molar-refractivity contribution is -0.137. The maximum atomic E-state index is 12.6. The van der Waals surface area contributed by atoms with Crippen LogP contribution in [-0.2, 0) is 6.18 Å². The zero-order chi connectivity index (χ0) is 15.6. The van der Waals surface area contributed by atoms with Gasteiger partial charge in [-0.15, -0.1) is 5.10 Å². The Balaban J connectivity index is 2.15. The summed E-state index contributed by atoms with van der Waals surface area (Å²) < 4.78 is 65.9. The lowest BCUT2D eigenvalue weighted by Gasteiger charge is -2.09. The predicted octanol–water partition coefficient (Wildman–Crippen LogP) is 4.28. The molecule has 2 rings (SSSR count). The first-order chi connectivity index (χ1) is 9.79. The van der Waals surface area contributed by atoms with Crippen molar-refractivity contribution in [3.8, 4) is 0 Å². The third-order valence-corrected chi connectivity index (χ3v) is 3.59. The molecule has 0 atom stereocenters. The van der Waals surface area contributed by atoms with E-state index in [9.17, 15) is 22.0 Å². The topological polar surface area (TPSA) is 37.8 Å². The average Bonchev–Trinajstić information content (AvgIpc) is 2.87. The highest BCUT2D eigenvalue weighted by molar-refractivity contribution is 7.81. The predicted molar refractivity (Wildman–Crippen MR) is 71.6 cm³/mol. The number of aromatic nitrogens is 2. The summed E-state index contributed by atoms with van der Waals surface area (Å²) in [4.78, 5) is -0.0834. The van der Waals surface area contributed by atoms with Gasteiger partial charge in [0.05, 0.1) is 5.56 Å². The summed E-state index contributed by atoms with van der Waals surface area (Å²) in [5, 5.41) is 5.85. The minimum absolute atomic E-state index is 0.0140. The molecular weight excluding hydrogens is 333 g/mol. The lowest BCUT2D eigenvalue weighted by Crippen LogP contribution is -2.12. The van der Waals surface area contributed by atoms with Gasteiger partial charge in [0.25, 0.3) is 6.43 Å². The Bertz CT molecular complexity index is 636. The van der Waals surface area contributed by atoms with Crippen molar-refractivity contribution in [2.24, 2.45) is 0 Å². The molecule has 0 amide bonds. The van der Waals surface area contributed by atoms with Gasteiger partial charge in [0.2, 0.25) is 0 Å². The van der Waals surface area contributed by atoms with Crippen molar-refractivity contribution in [1.29, 1.82) is 0 Å². The number of thiocarbonyl (C=S) groups is 1. The number of hydrogen-bond acceptors (Lipinski definition) is 4. The Hall–Kier alpha value is -1.68. The first kappa shape index (κ1) is 15.7. The fourth-order valence-corrected chi connectivity index (χ4v) is 2.33. The van der Waals surface area contributed by atoms with E-state index in [1.807, 2.05) is 0 Å². The number of nitrogens with zero attached hydrogens (tertiary/aromatic N) is 2. The van der Waals surface area contributed by atoms with Crippen LogP contribution >= 0.6 is 23.8 Å². The molecule has 1 aromatic heterocycles. The molecule has 0 saturated heterocycles. The summed E-state index contributed by atoms with van der Waals surface area (Å²) in [5.41, 5.74) is -1.11. The zero-order valence-electron chi connectivity index (χ0n) is 9.99. The van der Waals surface area contributed by atoms with Crippen LogP contribution in [0.5, 0.6) is 0 Å². The molecule has 0 aliphatic heterocycles. The van der Waals surface area contributed by atoms with Crippen LogP contribution in [0, 0.1) is 0 Å². The van der Waals surface area contributed by atoms with Crippen molar-refractivity contribution < 1.29 is 22.0 Å². The number of benzene rings is 1. The molecule has 10 heteroatoms. The van der Waals surface area contributed by atoms with Crippen LogP contribution < -0.4 is 5.32 Å². The van der Waals surface area contributed by atoms with Crippen LogP contribution in [0.1, 0.15) is 22.6 Å². The van der Waals surface area contributed by atoms with E-state index in [0.717, 1.165) is 24.3 Å². The van der Waals surface area contributed by atoms with E-state index >= 15 is 0 Å². The van der Waals surface area contributed by atoms with Crippen molar-refractivity contribution in [3.05, 3.63) is 40.4 Å². The van der Waals surface area contributed by atoms with E-state index in [4.69, 9.17) is 12.2 Å². The third-order valence-electron chi connectivity index (χ3n) is 2.40. The van der Waals surface area contributed by atoms with Gasteiger partial charge in [-0.05, 0) is 35.8 Å². The Morgan fingerprint density at radius 3 is 2.33 bits per heavy atom. The van der Waals surface area contributed by atoms with Gasteiger partial charge < -0.3 is 5.32 Å². The molecule has 0 fully saturated rings. The highest BCUT2D eigenvalue weighted by Gasteiger charge is 2.30. The van der Waals surface area contributed by atoms with E-state index in [0.29, 0.717) is 11.5 Å². The SMILES string of the molecule is FC(F)c1nnsc1C(=S)Nc1ccc(C(F)(F)F)cc1. The van der Waals surface area contributed by atoms with Crippen molar-refractivity contribution in [2.45, 2.75) is 12.6 Å². The Kier molecular flexibility index (Phi) is 4.47. The van der Waals surface area contributed by atoms with E-state index in [2.05, 4.69) is 14.9 Å². The van der Waals surface area contributed by atoms with Gasteiger partial charge in [-0.1, -0.05) is 16.7 Å². The van der Waals surface area contributed by atoms with Crippen molar-refractivity contribution in [3.63, 3.8) is 0 Å². The molecule has 3 nitrogen and oxygen atoms in total. The van der Waals surface area contributed by atoms with Gasteiger partial charge in [-0.2, -0.15) is 13.2 Å². The molecule has 0 unspecified atom stereocenters. The van der Waals surface area contributed by atoms with Crippen LogP contribution in [-0.4, -0.2) is 14.6 Å². The second-order valence-corrected chi connectivity index (χ2v) is 4.98. The van der Waals surface area contributed by atoms with E-state index in [1.165, 1.54) is 0 Å². The first-order valence-corrected chi connectivity index (χ1v) is 6.56. The highest BCUT2D eigenvalue weighted by atomic mass is 32.1. The van der Waals surface area contributed by atoms with Crippen LogP contribution in [0.4, 0.5) is 27.6 Å². The summed E-state index contributed by atoms with van der Waals surface area (Å²) >= 11 is 5.62.